The number of anilines is 1. The number of ether oxygens (including phenoxy) is 1. The molecule has 0 bridgehead atoms. The second-order valence-corrected chi connectivity index (χ2v) is 8.15. The van der Waals surface area contributed by atoms with Gasteiger partial charge in [-0.2, -0.15) is 0 Å². The molecule has 1 heterocycles. The number of benzene rings is 3. The van der Waals surface area contributed by atoms with Crippen molar-refractivity contribution >= 4 is 17.5 Å². The Bertz CT molecular complexity index is 1130. The molecule has 33 heavy (non-hydrogen) atoms. The van der Waals surface area contributed by atoms with Crippen LogP contribution in [0.1, 0.15) is 43.0 Å². The van der Waals surface area contributed by atoms with Gasteiger partial charge in [0.25, 0.3) is 5.91 Å². The first kappa shape index (κ1) is 22.5. The van der Waals surface area contributed by atoms with Crippen LogP contribution in [0.2, 0.25) is 0 Å². The zero-order chi connectivity index (χ0) is 23.4. The molecule has 1 aliphatic heterocycles. The Kier molecular flexibility index (Phi) is 6.73. The standard InChI is InChI=1S/C27H27FN2O3/c1-3-25(27(32)29-22-12-10-21(28)11-13-22)33-23-14-9-19-15-16-30(18(2)31)26(24(19)17-23)20-7-5-4-6-8-20/h4-14,17,25-26H,3,15-16H2,1-2H3,(H,29,32). The fraction of sp³-hybridized carbons (Fsp3) is 0.259. The lowest BCUT2D eigenvalue weighted by Crippen LogP contribution is -2.39. The molecular formula is C27H27FN2O3. The highest BCUT2D eigenvalue weighted by Gasteiger charge is 2.31. The van der Waals surface area contributed by atoms with Gasteiger partial charge in [-0.15, -0.1) is 0 Å². The first-order valence-corrected chi connectivity index (χ1v) is 11.1. The van der Waals surface area contributed by atoms with Gasteiger partial charge in [-0.3, -0.25) is 9.59 Å². The Balaban J connectivity index is 1.59. The highest BCUT2D eigenvalue weighted by atomic mass is 19.1. The molecule has 2 unspecified atom stereocenters. The quantitative estimate of drug-likeness (QED) is 0.572. The molecule has 0 saturated heterocycles. The summed E-state index contributed by atoms with van der Waals surface area (Å²) in [6.45, 7) is 4.12. The highest BCUT2D eigenvalue weighted by molar-refractivity contribution is 5.94. The van der Waals surface area contributed by atoms with Crippen LogP contribution in [0.15, 0.2) is 72.8 Å². The van der Waals surface area contributed by atoms with Crippen molar-refractivity contribution in [1.29, 1.82) is 0 Å². The van der Waals surface area contributed by atoms with Gasteiger partial charge in [-0.1, -0.05) is 43.3 Å². The minimum atomic E-state index is -0.712. The minimum Gasteiger partial charge on any atom is -0.481 e. The predicted octanol–water partition coefficient (Wildman–Crippen LogP) is 5.12. The molecule has 0 radical (unpaired) electrons. The fourth-order valence-corrected chi connectivity index (χ4v) is 4.24. The summed E-state index contributed by atoms with van der Waals surface area (Å²) in [5.41, 5.74) is 3.72. The Morgan fingerprint density at radius 1 is 1.09 bits per heavy atom. The van der Waals surface area contributed by atoms with Crippen LogP contribution in [-0.2, 0) is 16.0 Å². The molecule has 5 nitrogen and oxygen atoms in total. The van der Waals surface area contributed by atoms with Gasteiger partial charge in [0.05, 0.1) is 6.04 Å². The average Bonchev–Trinajstić information content (AvgIpc) is 2.83. The van der Waals surface area contributed by atoms with Crippen molar-refractivity contribution in [2.75, 3.05) is 11.9 Å². The van der Waals surface area contributed by atoms with Gasteiger partial charge in [0.15, 0.2) is 6.10 Å². The third-order valence-electron chi connectivity index (χ3n) is 5.92. The van der Waals surface area contributed by atoms with Crippen molar-refractivity contribution in [3.05, 3.63) is 95.3 Å². The van der Waals surface area contributed by atoms with Gasteiger partial charge in [0.1, 0.15) is 11.6 Å². The zero-order valence-corrected chi connectivity index (χ0v) is 18.8. The van der Waals surface area contributed by atoms with Crippen LogP contribution in [0, 0.1) is 5.82 Å². The number of hydrogen-bond acceptors (Lipinski definition) is 3. The van der Waals surface area contributed by atoms with Crippen molar-refractivity contribution < 1.29 is 18.7 Å². The second kappa shape index (κ2) is 9.86. The van der Waals surface area contributed by atoms with Crippen LogP contribution in [0.4, 0.5) is 10.1 Å². The van der Waals surface area contributed by atoms with Crippen LogP contribution < -0.4 is 10.1 Å². The minimum absolute atomic E-state index is 0.0194. The second-order valence-electron chi connectivity index (χ2n) is 8.15. The summed E-state index contributed by atoms with van der Waals surface area (Å²) in [5, 5.41) is 2.78. The van der Waals surface area contributed by atoms with Gasteiger partial charge in [-0.25, -0.2) is 4.39 Å². The number of carbonyl (C=O) groups excluding carboxylic acids is 2. The molecule has 3 aromatic rings. The van der Waals surface area contributed by atoms with Gasteiger partial charge < -0.3 is 15.0 Å². The lowest BCUT2D eigenvalue weighted by Gasteiger charge is -2.37. The molecule has 170 valence electrons. The molecule has 0 spiro atoms. The summed E-state index contributed by atoms with van der Waals surface area (Å²) in [4.78, 5) is 27.0. The van der Waals surface area contributed by atoms with E-state index < -0.39 is 6.10 Å². The number of fused-ring (bicyclic) bond motifs is 1. The van der Waals surface area contributed by atoms with Crippen LogP contribution in [0.25, 0.3) is 0 Å². The Labute approximate surface area is 193 Å². The number of carbonyl (C=O) groups is 2. The summed E-state index contributed by atoms with van der Waals surface area (Å²) in [6, 6.07) is 21.2. The third-order valence-corrected chi connectivity index (χ3v) is 5.92. The summed E-state index contributed by atoms with van der Waals surface area (Å²) < 4.78 is 19.2. The number of nitrogens with one attached hydrogen (secondary N) is 1. The van der Waals surface area contributed by atoms with E-state index in [2.05, 4.69) is 5.32 Å². The first-order valence-electron chi connectivity index (χ1n) is 11.1. The van der Waals surface area contributed by atoms with E-state index in [0.717, 1.165) is 23.1 Å². The van der Waals surface area contributed by atoms with E-state index in [1.807, 2.05) is 60.4 Å². The molecule has 2 atom stereocenters. The number of halogens is 1. The SMILES string of the molecule is CCC(Oc1ccc2c(c1)C(c1ccccc1)N(C(C)=O)CC2)C(=O)Nc1ccc(F)cc1. The molecule has 0 saturated carbocycles. The van der Waals surface area contributed by atoms with Crippen LogP contribution in [0.5, 0.6) is 5.75 Å². The number of rotatable bonds is 6. The highest BCUT2D eigenvalue weighted by Crippen LogP contribution is 2.37. The average molecular weight is 447 g/mol. The Morgan fingerprint density at radius 2 is 1.82 bits per heavy atom. The van der Waals surface area contributed by atoms with Crippen LogP contribution in [-0.4, -0.2) is 29.4 Å². The lowest BCUT2D eigenvalue weighted by molar-refractivity contribution is -0.130. The van der Waals surface area contributed by atoms with E-state index in [9.17, 15) is 14.0 Å². The maximum absolute atomic E-state index is 13.1. The van der Waals surface area contributed by atoms with E-state index in [0.29, 0.717) is 24.4 Å². The molecule has 0 aliphatic carbocycles. The monoisotopic (exact) mass is 446 g/mol. The van der Waals surface area contributed by atoms with Gasteiger partial charge in [-0.05, 0) is 65.9 Å². The predicted molar refractivity (Wildman–Crippen MR) is 126 cm³/mol. The summed E-state index contributed by atoms with van der Waals surface area (Å²) in [6.07, 6.45) is 0.517. The van der Waals surface area contributed by atoms with E-state index in [1.54, 1.807) is 6.92 Å². The zero-order valence-electron chi connectivity index (χ0n) is 18.8. The smallest absolute Gasteiger partial charge is 0.265 e. The molecule has 0 aromatic heterocycles. The molecule has 1 N–H and O–H groups in total. The van der Waals surface area contributed by atoms with Crippen molar-refractivity contribution in [1.82, 2.24) is 4.90 Å². The molecule has 1 aliphatic rings. The van der Waals surface area contributed by atoms with E-state index in [-0.39, 0.29) is 23.7 Å². The van der Waals surface area contributed by atoms with Crippen molar-refractivity contribution in [2.24, 2.45) is 0 Å². The normalized spacial score (nSPS) is 16.0. The maximum Gasteiger partial charge on any atom is 0.265 e. The maximum atomic E-state index is 13.1. The number of nitrogens with zero attached hydrogens (tertiary/aromatic N) is 1. The van der Waals surface area contributed by atoms with Crippen molar-refractivity contribution in [3.63, 3.8) is 0 Å². The van der Waals surface area contributed by atoms with E-state index in [1.165, 1.54) is 24.3 Å². The Hall–Kier alpha value is -3.67. The summed E-state index contributed by atoms with van der Waals surface area (Å²) >= 11 is 0. The van der Waals surface area contributed by atoms with Gasteiger partial charge in [0.2, 0.25) is 5.91 Å². The van der Waals surface area contributed by atoms with Gasteiger partial charge in [0, 0.05) is 19.2 Å². The third kappa shape index (κ3) is 5.06. The Morgan fingerprint density at radius 3 is 2.48 bits per heavy atom. The molecule has 0 fully saturated rings. The summed E-state index contributed by atoms with van der Waals surface area (Å²) in [5.74, 6) is -0.0724. The molecule has 4 rings (SSSR count). The van der Waals surface area contributed by atoms with Gasteiger partial charge >= 0.3 is 0 Å². The number of amides is 2. The number of hydrogen-bond donors (Lipinski definition) is 1. The molecule has 3 aromatic carbocycles. The van der Waals surface area contributed by atoms with Crippen molar-refractivity contribution in [3.8, 4) is 5.75 Å². The van der Waals surface area contributed by atoms with Crippen LogP contribution in [0.3, 0.4) is 0 Å². The first-order chi connectivity index (χ1) is 16.0. The lowest BCUT2D eigenvalue weighted by atomic mass is 9.88. The molecular weight excluding hydrogens is 419 g/mol. The fourth-order valence-electron chi connectivity index (χ4n) is 4.24. The molecule has 2 amide bonds. The molecule has 6 heteroatoms. The van der Waals surface area contributed by atoms with E-state index >= 15 is 0 Å². The summed E-state index contributed by atoms with van der Waals surface area (Å²) in [7, 11) is 0. The largest absolute Gasteiger partial charge is 0.481 e. The van der Waals surface area contributed by atoms with Crippen LogP contribution >= 0.6 is 0 Å². The van der Waals surface area contributed by atoms with Crippen molar-refractivity contribution in [2.45, 2.75) is 38.8 Å². The topological polar surface area (TPSA) is 58.6 Å². The van der Waals surface area contributed by atoms with E-state index in [4.69, 9.17) is 4.74 Å².